The van der Waals surface area contributed by atoms with Crippen LogP contribution in [-0.2, 0) is 9.59 Å². The van der Waals surface area contributed by atoms with E-state index in [9.17, 15) is 14.7 Å². The van der Waals surface area contributed by atoms with Crippen LogP contribution in [-0.4, -0.2) is 17.0 Å². The number of aliphatic carboxylic acids is 1. The third-order valence-electron chi connectivity index (χ3n) is 2.83. The number of aryl methyl sites for hydroxylation is 1. The number of nitrogens with one attached hydrogen (secondary N) is 1. The Hall–Kier alpha value is -1.55. The van der Waals surface area contributed by atoms with Crippen molar-refractivity contribution in [3.05, 3.63) is 28.8 Å². The number of halogens is 1. The highest BCUT2D eigenvalue weighted by Crippen LogP contribution is 2.28. The summed E-state index contributed by atoms with van der Waals surface area (Å²) in [6, 6.07) is 5.09. The van der Waals surface area contributed by atoms with Gasteiger partial charge in [0.05, 0.1) is 0 Å². The molecule has 2 N–H and O–H groups in total. The number of hydrogen-bond donors (Lipinski definition) is 2. The Morgan fingerprint density at radius 1 is 1.32 bits per heavy atom. The van der Waals surface area contributed by atoms with E-state index in [1.807, 2.05) is 6.92 Å². The van der Waals surface area contributed by atoms with E-state index in [2.05, 4.69) is 5.32 Å². The summed E-state index contributed by atoms with van der Waals surface area (Å²) in [5.41, 5.74) is 0.700. The number of rotatable bonds is 3. The lowest BCUT2D eigenvalue weighted by Crippen LogP contribution is -2.39. The van der Waals surface area contributed by atoms with E-state index in [0.717, 1.165) is 5.56 Å². The molecule has 0 heterocycles. The van der Waals surface area contributed by atoms with E-state index < -0.39 is 23.2 Å². The number of carbonyl (C=O) groups is 2. The molecule has 0 aliphatic heterocycles. The van der Waals surface area contributed by atoms with Crippen LogP contribution in [0, 0.1) is 18.3 Å². The number of hydrogen-bond acceptors (Lipinski definition) is 2. The van der Waals surface area contributed by atoms with Crippen LogP contribution in [0.5, 0.6) is 0 Å². The minimum atomic E-state index is -1.13. The SMILES string of the molecule is Cc1ccc(Cl)cc1NC(=O)C(C(=O)O)C(C)(C)C. The van der Waals surface area contributed by atoms with Crippen LogP contribution in [0.25, 0.3) is 0 Å². The summed E-state index contributed by atoms with van der Waals surface area (Å²) in [7, 11) is 0. The Labute approximate surface area is 117 Å². The van der Waals surface area contributed by atoms with Crippen LogP contribution in [0.15, 0.2) is 18.2 Å². The van der Waals surface area contributed by atoms with Gasteiger partial charge in [-0.1, -0.05) is 38.4 Å². The van der Waals surface area contributed by atoms with Gasteiger partial charge in [-0.3, -0.25) is 9.59 Å². The van der Waals surface area contributed by atoms with Gasteiger partial charge in [0, 0.05) is 10.7 Å². The fourth-order valence-corrected chi connectivity index (χ4v) is 1.98. The fraction of sp³-hybridized carbons (Fsp3) is 0.429. The summed E-state index contributed by atoms with van der Waals surface area (Å²) in [5, 5.41) is 12.3. The summed E-state index contributed by atoms with van der Waals surface area (Å²) in [5.74, 6) is -2.79. The van der Waals surface area contributed by atoms with E-state index in [4.69, 9.17) is 11.6 Å². The monoisotopic (exact) mass is 283 g/mol. The Morgan fingerprint density at radius 2 is 1.89 bits per heavy atom. The third kappa shape index (κ3) is 3.96. The minimum absolute atomic E-state index is 0.489. The second kappa shape index (κ2) is 5.61. The zero-order valence-corrected chi connectivity index (χ0v) is 12.2. The van der Waals surface area contributed by atoms with Gasteiger partial charge in [0.15, 0.2) is 0 Å². The molecule has 0 spiro atoms. The Balaban J connectivity index is 3.01. The molecule has 5 heteroatoms. The Morgan fingerprint density at radius 3 is 2.37 bits per heavy atom. The van der Waals surface area contributed by atoms with Gasteiger partial charge >= 0.3 is 5.97 Å². The first-order valence-electron chi connectivity index (χ1n) is 5.92. The lowest BCUT2D eigenvalue weighted by Gasteiger charge is -2.26. The standard InChI is InChI=1S/C14H18ClNO3/c1-8-5-6-9(15)7-10(8)16-12(17)11(13(18)19)14(2,3)4/h5-7,11H,1-4H3,(H,16,17)(H,18,19). The summed E-state index contributed by atoms with van der Waals surface area (Å²) >= 11 is 5.86. The number of anilines is 1. The van der Waals surface area contributed by atoms with Crippen LogP contribution < -0.4 is 5.32 Å². The van der Waals surface area contributed by atoms with Crippen LogP contribution in [0.1, 0.15) is 26.3 Å². The van der Waals surface area contributed by atoms with Crippen molar-refractivity contribution in [3.8, 4) is 0 Å². The number of amides is 1. The van der Waals surface area contributed by atoms with E-state index in [1.165, 1.54) is 0 Å². The second-order valence-corrected chi connectivity index (χ2v) is 6.02. The van der Waals surface area contributed by atoms with Gasteiger partial charge in [0.25, 0.3) is 0 Å². The second-order valence-electron chi connectivity index (χ2n) is 5.59. The molecule has 104 valence electrons. The molecule has 0 radical (unpaired) electrons. The smallest absolute Gasteiger partial charge is 0.316 e. The third-order valence-corrected chi connectivity index (χ3v) is 3.07. The van der Waals surface area contributed by atoms with Gasteiger partial charge < -0.3 is 10.4 Å². The number of benzene rings is 1. The first-order chi connectivity index (χ1) is 8.62. The molecular formula is C14H18ClNO3. The molecule has 0 aliphatic rings. The van der Waals surface area contributed by atoms with Crippen molar-refractivity contribution in [2.75, 3.05) is 5.32 Å². The van der Waals surface area contributed by atoms with E-state index in [0.29, 0.717) is 10.7 Å². The molecule has 4 nitrogen and oxygen atoms in total. The largest absolute Gasteiger partial charge is 0.481 e. The van der Waals surface area contributed by atoms with Gasteiger partial charge in [-0.15, -0.1) is 0 Å². The molecule has 0 fully saturated rings. The fourth-order valence-electron chi connectivity index (χ4n) is 1.81. The topological polar surface area (TPSA) is 66.4 Å². The van der Waals surface area contributed by atoms with Gasteiger partial charge in [0.2, 0.25) is 5.91 Å². The van der Waals surface area contributed by atoms with Crippen molar-refractivity contribution in [2.24, 2.45) is 11.3 Å². The van der Waals surface area contributed by atoms with Crippen molar-refractivity contribution in [3.63, 3.8) is 0 Å². The van der Waals surface area contributed by atoms with Crippen LogP contribution in [0.4, 0.5) is 5.69 Å². The molecule has 1 atom stereocenters. The molecule has 1 aromatic carbocycles. The summed E-state index contributed by atoms with van der Waals surface area (Å²) in [4.78, 5) is 23.4. The van der Waals surface area contributed by atoms with Crippen LogP contribution in [0.2, 0.25) is 5.02 Å². The zero-order valence-electron chi connectivity index (χ0n) is 11.5. The van der Waals surface area contributed by atoms with Crippen molar-refractivity contribution in [1.29, 1.82) is 0 Å². The maximum absolute atomic E-state index is 12.1. The molecule has 0 aliphatic carbocycles. The molecule has 0 saturated heterocycles. The predicted molar refractivity (Wildman–Crippen MR) is 75.4 cm³/mol. The minimum Gasteiger partial charge on any atom is -0.481 e. The molecule has 1 unspecified atom stereocenters. The average Bonchev–Trinajstić information content (AvgIpc) is 2.20. The van der Waals surface area contributed by atoms with Crippen LogP contribution in [0.3, 0.4) is 0 Å². The number of carbonyl (C=O) groups excluding carboxylic acids is 1. The lowest BCUT2D eigenvalue weighted by molar-refractivity contribution is -0.149. The zero-order chi connectivity index (χ0) is 14.8. The van der Waals surface area contributed by atoms with Crippen molar-refractivity contribution < 1.29 is 14.7 Å². The first-order valence-corrected chi connectivity index (χ1v) is 6.30. The maximum atomic E-state index is 12.1. The maximum Gasteiger partial charge on any atom is 0.316 e. The molecule has 0 aromatic heterocycles. The highest BCUT2D eigenvalue weighted by Gasteiger charge is 2.37. The molecular weight excluding hydrogens is 266 g/mol. The van der Waals surface area contributed by atoms with Crippen molar-refractivity contribution in [1.82, 2.24) is 0 Å². The molecule has 1 amide bonds. The molecule has 19 heavy (non-hydrogen) atoms. The molecule has 0 saturated carbocycles. The van der Waals surface area contributed by atoms with Crippen molar-refractivity contribution >= 4 is 29.2 Å². The van der Waals surface area contributed by atoms with Crippen molar-refractivity contribution in [2.45, 2.75) is 27.7 Å². The number of carboxylic acid groups (broad SMARTS) is 1. The van der Waals surface area contributed by atoms with E-state index in [-0.39, 0.29) is 0 Å². The van der Waals surface area contributed by atoms with Gasteiger partial charge in [-0.2, -0.15) is 0 Å². The highest BCUT2D eigenvalue weighted by atomic mass is 35.5. The summed E-state index contributed by atoms with van der Waals surface area (Å²) in [6.07, 6.45) is 0. The molecule has 1 rings (SSSR count). The molecule has 1 aromatic rings. The first kappa shape index (κ1) is 15.5. The number of carboxylic acids is 1. The van der Waals surface area contributed by atoms with E-state index >= 15 is 0 Å². The highest BCUT2D eigenvalue weighted by molar-refractivity contribution is 6.31. The normalized spacial score (nSPS) is 12.9. The van der Waals surface area contributed by atoms with Crippen LogP contribution >= 0.6 is 11.6 Å². The Kier molecular flexibility index (Phi) is 4.58. The average molecular weight is 284 g/mol. The Bertz CT molecular complexity index is 506. The predicted octanol–water partition coefficient (Wildman–Crippen LogP) is 3.33. The molecule has 0 bridgehead atoms. The van der Waals surface area contributed by atoms with Gasteiger partial charge in [-0.05, 0) is 30.0 Å². The quantitative estimate of drug-likeness (QED) is 0.836. The van der Waals surface area contributed by atoms with Gasteiger partial charge in [-0.25, -0.2) is 0 Å². The summed E-state index contributed by atoms with van der Waals surface area (Å²) in [6.45, 7) is 6.97. The van der Waals surface area contributed by atoms with Gasteiger partial charge in [0.1, 0.15) is 5.92 Å². The summed E-state index contributed by atoms with van der Waals surface area (Å²) < 4.78 is 0. The lowest BCUT2D eigenvalue weighted by atomic mass is 9.80. The van der Waals surface area contributed by atoms with E-state index in [1.54, 1.807) is 39.0 Å².